The number of hydrogen-bond acceptors (Lipinski definition) is 3. The number of unbranched alkanes of at least 4 members (excludes halogenated alkanes) is 2. The third-order valence-corrected chi connectivity index (χ3v) is 2.98. The molecule has 94 valence electrons. The van der Waals surface area contributed by atoms with Crippen LogP contribution >= 0.6 is 0 Å². The SMILES string of the molecule is CN(CCCCCO)C(=O)C1CCCCO1. The lowest BCUT2D eigenvalue weighted by atomic mass is 10.1. The van der Waals surface area contributed by atoms with Gasteiger partial charge in [0.25, 0.3) is 5.91 Å². The largest absolute Gasteiger partial charge is 0.396 e. The van der Waals surface area contributed by atoms with E-state index in [0.717, 1.165) is 51.7 Å². The molecule has 0 aliphatic carbocycles. The summed E-state index contributed by atoms with van der Waals surface area (Å²) in [6.07, 6.45) is 5.56. The molecule has 0 aromatic heterocycles. The minimum atomic E-state index is -0.211. The van der Waals surface area contributed by atoms with E-state index in [9.17, 15) is 4.79 Å². The topological polar surface area (TPSA) is 49.8 Å². The summed E-state index contributed by atoms with van der Waals surface area (Å²) in [7, 11) is 1.83. The highest BCUT2D eigenvalue weighted by Crippen LogP contribution is 2.14. The average Bonchev–Trinajstić information content (AvgIpc) is 2.34. The quantitative estimate of drug-likeness (QED) is 0.696. The number of amides is 1. The molecule has 0 aromatic rings. The van der Waals surface area contributed by atoms with E-state index in [1.54, 1.807) is 4.90 Å². The Morgan fingerprint density at radius 3 is 2.81 bits per heavy atom. The van der Waals surface area contributed by atoms with Crippen molar-refractivity contribution in [2.24, 2.45) is 0 Å². The molecule has 0 spiro atoms. The molecular weight excluding hydrogens is 206 g/mol. The van der Waals surface area contributed by atoms with Crippen molar-refractivity contribution >= 4 is 5.91 Å². The van der Waals surface area contributed by atoms with E-state index >= 15 is 0 Å². The van der Waals surface area contributed by atoms with Crippen LogP contribution in [0.25, 0.3) is 0 Å². The van der Waals surface area contributed by atoms with Crippen molar-refractivity contribution in [3.8, 4) is 0 Å². The van der Waals surface area contributed by atoms with Crippen molar-refractivity contribution in [3.63, 3.8) is 0 Å². The van der Waals surface area contributed by atoms with Gasteiger partial charge in [0.05, 0.1) is 0 Å². The van der Waals surface area contributed by atoms with E-state index in [1.807, 2.05) is 7.05 Å². The summed E-state index contributed by atoms with van der Waals surface area (Å²) in [5, 5.41) is 8.64. The third kappa shape index (κ3) is 4.49. The molecule has 0 aromatic carbocycles. The number of aliphatic hydroxyl groups is 1. The van der Waals surface area contributed by atoms with E-state index < -0.39 is 0 Å². The van der Waals surface area contributed by atoms with Crippen LogP contribution in [0.5, 0.6) is 0 Å². The zero-order chi connectivity index (χ0) is 11.8. The highest BCUT2D eigenvalue weighted by molar-refractivity contribution is 5.80. The molecule has 1 amide bonds. The van der Waals surface area contributed by atoms with Crippen LogP contribution in [0, 0.1) is 0 Å². The number of hydrogen-bond donors (Lipinski definition) is 1. The monoisotopic (exact) mass is 229 g/mol. The fourth-order valence-electron chi connectivity index (χ4n) is 1.93. The second kappa shape index (κ2) is 7.63. The van der Waals surface area contributed by atoms with Gasteiger partial charge in [-0.1, -0.05) is 0 Å². The molecule has 0 saturated carbocycles. The predicted octanol–water partition coefficient (Wildman–Crippen LogP) is 1.18. The summed E-state index contributed by atoms with van der Waals surface area (Å²) >= 11 is 0. The maximum atomic E-state index is 11.9. The van der Waals surface area contributed by atoms with Crippen LogP contribution in [-0.4, -0.2) is 48.8 Å². The average molecular weight is 229 g/mol. The highest BCUT2D eigenvalue weighted by Gasteiger charge is 2.24. The van der Waals surface area contributed by atoms with Gasteiger partial charge in [-0.05, 0) is 38.5 Å². The van der Waals surface area contributed by atoms with Crippen LogP contribution in [0.3, 0.4) is 0 Å². The van der Waals surface area contributed by atoms with Crippen LogP contribution in [0.2, 0.25) is 0 Å². The van der Waals surface area contributed by atoms with E-state index in [0.29, 0.717) is 0 Å². The predicted molar refractivity (Wildman–Crippen MR) is 62.2 cm³/mol. The Bertz CT molecular complexity index is 202. The molecule has 4 nitrogen and oxygen atoms in total. The Balaban J connectivity index is 2.18. The summed E-state index contributed by atoms with van der Waals surface area (Å²) < 4.78 is 5.46. The van der Waals surface area contributed by atoms with Crippen molar-refractivity contribution in [1.29, 1.82) is 0 Å². The second-order valence-electron chi connectivity index (χ2n) is 4.40. The molecule has 1 fully saturated rings. The molecule has 1 atom stereocenters. The summed E-state index contributed by atoms with van der Waals surface area (Å²) in [4.78, 5) is 13.7. The number of likely N-dealkylation sites (N-methyl/N-ethyl adjacent to an activating group) is 1. The Labute approximate surface area is 97.6 Å². The molecule has 1 unspecified atom stereocenters. The van der Waals surface area contributed by atoms with Crippen molar-refractivity contribution in [1.82, 2.24) is 4.90 Å². The standard InChI is InChI=1S/C12H23NO3/c1-13(8-4-2-5-9-14)12(15)11-7-3-6-10-16-11/h11,14H,2-10H2,1H3. The van der Waals surface area contributed by atoms with Crippen molar-refractivity contribution in [2.45, 2.75) is 44.6 Å². The number of carbonyl (C=O) groups is 1. The number of rotatable bonds is 6. The van der Waals surface area contributed by atoms with E-state index in [-0.39, 0.29) is 18.6 Å². The lowest BCUT2D eigenvalue weighted by Crippen LogP contribution is -2.40. The molecule has 1 heterocycles. The lowest BCUT2D eigenvalue weighted by molar-refractivity contribution is -0.145. The lowest BCUT2D eigenvalue weighted by Gasteiger charge is -2.26. The minimum absolute atomic E-state index is 0.115. The summed E-state index contributed by atoms with van der Waals surface area (Å²) in [6, 6.07) is 0. The van der Waals surface area contributed by atoms with Gasteiger partial charge in [0.2, 0.25) is 0 Å². The molecule has 0 bridgehead atoms. The molecule has 0 radical (unpaired) electrons. The maximum absolute atomic E-state index is 11.9. The van der Waals surface area contributed by atoms with Gasteiger partial charge in [-0.3, -0.25) is 4.79 Å². The molecule has 1 aliphatic rings. The van der Waals surface area contributed by atoms with E-state index in [1.165, 1.54) is 0 Å². The zero-order valence-corrected chi connectivity index (χ0v) is 10.2. The number of carbonyl (C=O) groups excluding carboxylic acids is 1. The first-order chi connectivity index (χ1) is 7.75. The van der Waals surface area contributed by atoms with Crippen LogP contribution in [0.1, 0.15) is 38.5 Å². The Hall–Kier alpha value is -0.610. The van der Waals surface area contributed by atoms with Gasteiger partial charge in [-0.15, -0.1) is 0 Å². The molecule has 4 heteroatoms. The second-order valence-corrected chi connectivity index (χ2v) is 4.40. The fourth-order valence-corrected chi connectivity index (χ4v) is 1.93. The van der Waals surface area contributed by atoms with Crippen LogP contribution in [-0.2, 0) is 9.53 Å². The van der Waals surface area contributed by atoms with Gasteiger partial charge >= 0.3 is 0 Å². The molecular formula is C12H23NO3. The van der Waals surface area contributed by atoms with Crippen LogP contribution in [0.15, 0.2) is 0 Å². The molecule has 1 saturated heterocycles. The van der Waals surface area contributed by atoms with E-state index in [2.05, 4.69) is 0 Å². The van der Waals surface area contributed by atoms with Crippen LogP contribution in [0.4, 0.5) is 0 Å². The van der Waals surface area contributed by atoms with Crippen molar-refractivity contribution < 1.29 is 14.6 Å². The minimum Gasteiger partial charge on any atom is -0.396 e. The Morgan fingerprint density at radius 1 is 1.38 bits per heavy atom. The molecule has 1 rings (SSSR count). The Morgan fingerprint density at radius 2 is 2.19 bits per heavy atom. The first-order valence-electron chi connectivity index (χ1n) is 6.23. The van der Waals surface area contributed by atoms with Crippen molar-refractivity contribution in [3.05, 3.63) is 0 Å². The van der Waals surface area contributed by atoms with Gasteiger partial charge in [0.15, 0.2) is 0 Å². The first-order valence-corrected chi connectivity index (χ1v) is 6.23. The van der Waals surface area contributed by atoms with Crippen molar-refractivity contribution in [2.75, 3.05) is 26.8 Å². The van der Waals surface area contributed by atoms with Gasteiger partial charge in [0, 0.05) is 26.8 Å². The summed E-state index contributed by atoms with van der Waals surface area (Å²) in [5.74, 6) is 0.115. The fraction of sp³-hybridized carbons (Fsp3) is 0.917. The normalized spacial score (nSPS) is 20.8. The molecule has 16 heavy (non-hydrogen) atoms. The Kier molecular flexibility index (Phi) is 6.42. The first kappa shape index (κ1) is 13.5. The van der Waals surface area contributed by atoms with Gasteiger partial charge < -0.3 is 14.7 Å². The summed E-state index contributed by atoms with van der Waals surface area (Å²) in [6.45, 7) is 1.72. The van der Waals surface area contributed by atoms with Gasteiger partial charge in [-0.2, -0.15) is 0 Å². The van der Waals surface area contributed by atoms with Crippen LogP contribution < -0.4 is 0 Å². The van der Waals surface area contributed by atoms with E-state index in [4.69, 9.17) is 9.84 Å². The molecule has 1 aliphatic heterocycles. The smallest absolute Gasteiger partial charge is 0.251 e. The molecule has 1 N–H and O–H groups in total. The van der Waals surface area contributed by atoms with Gasteiger partial charge in [0.1, 0.15) is 6.10 Å². The maximum Gasteiger partial charge on any atom is 0.251 e. The third-order valence-electron chi connectivity index (χ3n) is 2.98. The zero-order valence-electron chi connectivity index (χ0n) is 10.2. The number of aliphatic hydroxyl groups excluding tert-OH is 1. The highest BCUT2D eigenvalue weighted by atomic mass is 16.5. The summed E-state index contributed by atoms with van der Waals surface area (Å²) in [5.41, 5.74) is 0. The number of nitrogens with zero attached hydrogens (tertiary/aromatic N) is 1. The number of ether oxygens (including phenoxy) is 1. The van der Waals surface area contributed by atoms with Gasteiger partial charge in [-0.25, -0.2) is 0 Å².